The van der Waals surface area contributed by atoms with Crippen molar-refractivity contribution in [1.82, 2.24) is 0 Å². The van der Waals surface area contributed by atoms with Crippen molar-refractivity contribution in [3.05, 3.63) is 173 Å². The van der Waals surface area contributed by atoms with Crippen LogP contribution >= 0.6 is 0 Å². The van der Waals surface area contributed by atoms with Crippen LogP contribution in [0.4, 0.5) is 11.4 Å². The molecule has 9 rings (SSSR count). The van der Waals surface area contributed by atoms with Crippen molar-refractivity contribution in [3.63, 3.8) is 0 Å². The summed E-state index contributed by atoms with van der Waals surface area (Å²) >= 11 is 0. The van der Waals surface area contributed by atoms with Gasteiger partial charge in [0.2, 0.25) is 0 Å². The Labute approximate surface area is 271 Å². The van der Waals surface area contributed by atoms with Gasteiger partial charge in [-0.1, -0.05) is 121 Å². The molecule has 1 unspecified atom stereocenters. The third kappa shape index (κ3) is 4.48. The maximum Gasteiger partial charge on any atom is 0.138 e. The summed E-state index contributed by atoms with van der Waals surface area (Å²) in [6, 6.07) is 39.9. The van der Waals surface area contributed by atoms with Crippen molar-refractivity contribution in [1.29, 1.82) is 0 Å². The lowest BCUT2D eigenvalue weighted by Crippen LogP contribution is -2.23. The van der Waals surface area contributed by atoms with Crippen molar-refractivity contribution < 1.29 is 4.74 Å². The third-order valence-corrected chi connectivity index (χ3v) is 9.97. The van der Waals surface area contributed by atoms with Crippen LogP contribution in [0.2, 0.25) is 0 Å². The van der Waals surface area contributed by atoms with Gasteiger partial charge in [-0.15, -0.1) is 0 Å². The van der Waals surface area contributed by atoms with E-state index in [9.17, 15) is 0 Å². The lowest BCUT2D eigenvalue weighted by atomic mass is 9.88. The lowest BCUT2D eigenvalue weighted by molar-refractivity contribution is 0.419. The van der Waals surface area contributed by atoms with E-state index in [0.29, 0.717) is 0 Å². The van der Waals surface area contributed by atoms with E-state index in [2.05, 4.69) is 151 Å². The number of nitrogens with zero attached hydrogens (tertiary/aromatic N) is 1. The Bertz CT molecular complexity index is 2090. The van der Waals surface area contributed by atoms with Gasteiger partial charge < -0.3 is 9.64 Å². The second kappa shape index (κ2) is 11.2. The van der Waals surface area contributed by atoms with E-state index < -0.39 is 0 Å². The van der Waals surface area contributed by atoms with E-state index in [1.165, 1.54) is 50.2 Å². The SMILES string of the molecule is C1=Cc2cccc(-c3ccc(N(C4=C5Oc6c(-c7ccccc7)cccc6C5CC=C4)c4cccc5c4CCC=C5)cc3)c2CC1. The zero-order valence-electron chi connectivity index (χ0n) is 25.8. The summed E-state index contributed by atoms with van der Waals surface area (Å²) < 4.78 is 7.00. The van der Waals surface area contributed by atoms with Gasteiger partial charge in [0.25, 0.3) is 0 Å². The topological polar surface area (TPSA) is 12.5 Å². The zero-order valence-corrected chi connectivity index (χ0v) is 25.8. The Morgan fingerprint density at radius 3 is 2.09 bits per heavy atom. The van der Waals surface area contributed by atoms with Crippen molar-refractivity contribution >= 4 is 23.5 Å². The molecule has 0 saturated heterocycles. The Hall–Kier alpha value is -5.34. The van der Waals surface area contributed by atoms with Crippen LogP contribution in [0, 0.1) is 0 Å². The molecule has 0 radical (unpaired) electrons. The normalized spacial score (nSPS) is 17.2. The molecule has 5 aromatic rings. The summed E-state index contributed by atoms with van der Waals surface area (Å²) in [5, 5.41) is 0. The van der Waals surface area contributed by atoms with Gasteiger partial charge in [-0.05, 0) is 95.3 Å². The summed E-state index contributed by atoms with van der Waals surface area (Å²) in [5.41, 5.74) is 15.2. The summed E-state index contributed by atoms with van der Waals surface area (Å²) in [4.78, 5) is 2.46. The molecule has 4 aliphatic rings. The number of rotatable bonds is 5. The second-order valence-electron chi connectivity index (χ2n) is 12.6. The van der Waals surface area contributed by atoms with Crippen molar-refractivity contribution in [2.24, 2.45) is 0 Å². The molecule has 3 aliphatic carbocycles. The zero-order chi connectivity index (χ0) is 30.5. The minimum absolute atomic E-state index is 0.184. The second-order valence-corrected chi connectivity index (χ2v) is 12.6. The molecule has 1 heterocycles. The van der Waals surface area contributed by atoms with Gasteiger partial charge in [0.15, 0.2) is 0 Å². The molecule has 0 bridgehead atoms. The number of benzene rings is 5. The number of anilines is 2. The maximum absolute atomic E-state index is 7.00. The summed E-state index contributed by atoms with van der Waals surface area (Å²) in [6.45, 7) is 0. The fourth-order valence-corrected chi connectivity index (χ4v) is 7.77. The fourth-order valence-electron chi connectivity index (χ4n) is 7.77. The molecule has 0 N–H and O–H groups in total. The average molecular weight is 594 g/mol. The summed E-state index contributed by atoms with van der Waals surface area (Å²) in [6.07, 6.45) is 18.9. The molecule has 0 fully saturated rings. The molecule has 1 aliphatic heterocycles. The monoisotopic (exact) mass is 593 g/mol. The van der Waals surface area contributed by atoms with E-state index in [4.69, 9.17) is 4.74 Å². The van der Waals surface area contributed by atoms with E-state index in [0.717, 1.165) is 60.6 Å². The summed E-state index contributed by atoms with van der Waals surface area (Å²) in [5.74, 6) is 2.22. The molecule has 0 aromatic heterocycles. The number of hydrogen-bond donors (Lipinski definition) is 0. The largest absolute Gasteiger partial charge is 0.458 e. The molecule has 2 nitrogen and oxygen atoms in total. The smallest absolute Gasteiger partial charge is 0.138 e. The molecule has 46 heavy (non-hydrogen) atoms. The Balaban J connectivity index is 1.19. The number of hydrogen-bond acceptors (Lipinski definition) is 2. The van der Waals surface area contributed by atoms with E-state index in [-0.39, 0.29) is 5.92 Å². The standard InChI is InChI=1S/C44H35NO/c1-2-12-32(13-3-1)38-21-10-22-39-40-23-11-25-42(44(40)46-43(38)39)45(41-24-9-17-31-15-5-7-19-37(31)41)34-28-26-33(27-29-34)36-20-8-16-30-14-4-6-18-35(30)36/h1-5,8-17,20-22,24-29,40H,6-7,18-19,23H2. The van der Waals surface area contributed by atoms with Gasteiger partial charge >= 0.3 is 0 Å². The molecule has 0 spiro atoms. The third-order valence-electron chi connectivity index (χ3n) is 9.97. The molecular weight excluding hydrogens is 558 g/mol. The van der Waals surface area contributed by atoms with Gasteiger partial charge in [-0.2, -0.15) is 0 Å². The highest BCUT2D eigenvalue weighted by Crippen LogP contribution is 2.52. The molecule has 5 aromatic carbocycles. The number of para-hydroxylation sites is 1. The van der Waals surface area contributed by atoms with Crippen LogP contribution in [-0.4, -0.2) is 0 Å². The van der Waals surface area contributed by atoms with Crippen LogP contribution in [0.1, 0.15) is 53.0 Å². The van der Waals surface area contributed by atoms with Crippen molar-refractivity contribution in [2.75, 3.05) is 4.90 Å². The maximum atomic E-state index is 7.00. The molecular formula is C44H35NO. The molecule has 1 atom stereocenters. The first-order chi connectivity index (χ1) is 22.8. The molecule has 2 heteroatoms. The van der Waals surface area contributed by atoms with Crippen molar-refractivity contribution in [2.45, 2.75) is 38.0 Å². The first-order valence-electron chi connectivity index (χ1n) is 16.6. The van der Waals surface area contributed by atoms with Crippen LogP contribution in [0.3, 0.4) is 0 Å². The first-order valence-corrected chi connectivity index (χ1v) is 16.6. The quantitative estimate of drug-likeness (QED) is 0.201. The van der Waals surface area contributed by atoms with Crippen LogP contribution in [0.25, 0.3) is 34.4 Å². The molecule has 0 amide bonds. The van der Waals surface area contributed by atoms with Gasteiger partial charge in [-0.3, -0.25) is 0 Å². The highest BCUT2D eigenvalue weighted by atomic mass is 16.5. The fraction of sp³-hybridized carbons (Fsp3) is 0.136. The predicted octanol–water partition coefficient (Wildman–Crippen LogP) is 11.4. The van der Waals surface area contributed by atoms with Crippen LogP contribution in [0.5, 0.6) is 5.75 Å². The molecule has 0 saturated carbocycles. The van der Waals surface area contributed by atoms with Crippen LogP contribution in [-0.2, 0) is 12.8 Å². The van der Waals surface area contributed by atoms with Gasteiger partial charge in [0.1, 0.15) is 11.5 Å². The number of allylic oxidation sites excluding steroid dienone is 5. The highest BCUT2D eigenvalue weighted by molar-refractivity contribution is 5.82. The van der Waals surface area contributed by atoms with Gasteiger partial charge in [0, 0.05) is 16.8 Å². The minimum atomic E-state index is 0.184. The predicted molar refractivity (Wildman–Crippen MR) is 191 cm³/mol. The van der Waals surface area contributed by atoms with E-state index in [1.54, 1.807) is 0 Å². The van der Waals surface area contributed by atoms with Crippen LogP contribution < -0.4 is 9.64 Å². The molecule has 222 valence electrons. The van der Waals surface area contributed by atoms with E-state index >= 15 is 0 Å². The van der Waals surface area contributed by atoms with Crippen molar-refractivity contribution in [3.8, 4) is 28.0 Å². The number of fused-ring (bicyclic) bond motifs is 5. The highest BCUT2D eigenvalue weighted by Gasteiger charge is 2.37. The Morgan fingerprint density at radius 1 is 0.565 bits per heavy atom. The Morgan fingerprint density at radius 2 is 1.26 bits per heavy atom. The van der Waals surface area contributed by atoms with Gasteiger partial charge in [-0.25, -0.2) is 0 Å². The van der Waals surface area contributed by atoms with Gasteiger partial charge in [0.05, 0.1) is 17.3 Å². The minimum Gasteiger partial charge on any atom is -0.458 e. The number of ether oxygens (including phenoxy) is 1. The van der Waals surface area contributed by atoms with E-state index in [1.807, 2.05) is 0 Å². The Kier molecular flexibility index (Phi) is 6.59. The first kappa shape index (κ1) is 27.0. The average Bonchev–Trinajstić information content (AvgIpc) is 3.52. The summed E-state index contributed by atoms with van der Waals surface area (Å²) in [7, 11) is 0. The lowest BCUT2D eigenvalue weighted by Gasteiger charge is -2.33. The van der Waals surface area contributed by atoms with Crippen LogP contribution in [0.15, 0.2) is 145 Å².